The molecule has 1 saturated heterocycles. The molecule has 1 aliphatic rings. The van der Waals surface area contributed by atoms with E-state index in [1.165, 1.54) is 16.9 Å². The number of nitrogens with zero attached hydrogens (tertiary/aromatic N) is 2. The molecule has 3 N–H and O–H groups in total. The van der Waals surface area contributed by atoms with E-state index in [-0.39, 0.29) is 17.0 Å². The summed E-state index contributed by atoms with van der Waals surface area (Å²) in [6.45, 7) is 7.41. The van der Waals surface area contributed by atoms with E-state index in [1.54, 1.807) is 0 Å². The number of nitrogens with two attached hydrogens (primary N) is 1. The predicted molar refractivity (Wildman–Crippen MR) is 103 cm³/mol. The molecule has 134 valence electrons. The van der Waals surface area contributed by atoms with Gasteiger partial charge in [-0.1, -0.05) is 30.3 Å². The maximum Gasteiger partial charge on any atom is 0.317 e. The van der Waals surface area contributed by atoms with Crippen LogP contribution in [0, 0.1) is 0 Å². The van der Waals surface area contributed by atoms with Gasteiger partial charge in [-0.05, 0) is 39.2 Å². The quantitative estimate of drug-likeness (QED) is 0.861. The van der Waals surface area contributed by atoms with Crippen LogP contribution >= 0.6 is 11.3 Å². The van der Waals surface area contributed by atoms with Gasteiger partial charge >= 0.3 is 6.03 Å². The molecule has 1 aliphatic heterocycles. The van der Waals surface area contributed by atoms with E-state index in [2.05, 4.69) is 39.9 Å². The van der Waals surface area contributed by atoms with E-state index < -0.39 is 0 Å². The number of hydrogen-bond donors (Lipinski definition) is 2. The van der Waals surface area contributed by atoms with Gasteiger partial charge < -0.3 is 16.0 Å². The second-order valence-corrected chi connectivity index (χ2v) is 8.58. The fourth-order valence-corrected chi connectivity index (χ4v) is 4.11. The molecule has 6 heteroatoms. The number of likely N-dealkylation sites (tertiary alicyclic amines) is 1. The minimum atomic E-state index is -0.228. The van der Waals surface area contributed by atoms with Crippen molar-refractivity contribution < 1.29 is 4.79 Å². The highest BCUT2D eigenvalue weighted by Crippen LogP contribution is 2.42. The summed E-state index contributed by atoms with van der Waals surface area (Å²) in [6.07, 6.45) is 1.69. The van der Waals surface area contributed by atoms with Crippen LogP contribution in [-0.2, 0) is 5.41 Å². The highest BCUT2D eigenvalue weighted by molar-refractivity contribution is 7.13. The van der Waals surface area contributed by atoms with Gasteiger partial charge in [0.05, 0.1) is 5.69 Å². The van der Waals surface area contributed by atoms with Gasteiger partial charge in [-0.3, -0.25) is 0 Å². The number of benzene rings is 1. The molecule has 3 rings (SSSR count). The number of carbonyl (C=O) groups excluding carboxylic acids is 1. The molecule has 0 bridgehead atoms. The first-order valence-corrected chi connectivity index (χ1v) is 9.52. The molecule has 0 atom stereocenters. The number of hydrogen-bond acceptors (Lipinski definition) is 4. The van der Waals surface area contributed by atoms with Gasteiger partial charge in [-0.25, -0.2) is 9.78 Å². The molecule has 25 heavy (non-hydrogen) atoms. The summed E-state index contributed by atoms with van der Waals surface area (Å²) >= 11 is 1.48. The summed E-state index contributed by atoms with van der Waals surface area (Å²) in [5.74, 6) is 0. The van der Waals surface area contributed by atoms with E-state index in [0.29, 0.717) is 18.2 Å². The van der Waals surface area contributed by atoms with Gasteiger partial charge in [0.25, 0.3) is 0 Å². The van der Waals surface area contributed by atoms with Crippen LogP contribution in [0.1, 0.15) is 44.9 Å². The number of nitrogen functional groups attached to an aromatic ring is 1. The van der Waals surface area contributed by atoms with Crippen molar-refractivity contribution in [3.05, 3.63) is 47.0 Å². The van der Waals surface area contributed by atoms with Crippen molar-refractivity contribution in [3.8, 4) is 0 Å². The lowest BCUT2D eigenvalue weighted by atomic mass is 9.71. The van der Waals surface area contributed by atoms with Crippen LogP contribution in [0.2, 0.25) is 0 Å². The minimum Gasteiger partial charge on any atom is -0.375 e. The van der Waals surface area contributed by atoms with Crippen LogP contribution in [0.3, 0.4) is 0 Å². The number of amides is 2. The van der Waals surface area contributed by atoms with Crippen LogP contribution in [-0.4, -0.2) is 34.5 Å². The van der Waals surface area contributed by atoms with Gasteiger partial charge in [0.2, 0.25) is 0 Å². The smallest absolute Gasteiger partial charge is 0.317 e. The average molecular weight is 359 g/mol. The van der Waals surface area contributed by atoms with Gasteiger partial charge in [0, 0.05) is 29.4 Å². The van der Waals surface area contributed by atoms with E-state index in [1.807, 2.05) is 31.7 Å². The Hall–Kier alpha value is -2.08. The first-order chi connectivity index (χ1) is 11.8. The molecule has 5 nitrogen and oxygen atoms in total. The molecule has 1 aromatic heterocycles. The van der Waals surface area contributed by atoms with Crippen LogP contribution in [0.5, 0.6) is 0 Å². The van der Waals surface area contributed by atoms with Crippen molar-refractivity contribution in [2.45, 2.75) is 44.6 Å². The van der Waals surface area contributed by atoms with Crippen molar-refractivity contribution in [2.75, 3.05) is 18.8 Å². The maximum absolute atomic E-state index is 12.5. The van der Waals surface area contributed by atoms with E-state index >= 15 is 0 Å². The van der Waals surface area contributed by atoms with Crippen LogP contribution in [0.4, 0.5) is 9.93 Å². The molecule has 2 heterocycles. The van der Waals surface area contributed by atoms with Crippen LogP contribution in [0.15, 0.2) is 35.7 Å². The number of nitrogens with one attached hydrogen (secondary N) is 1. The third-order valence-electron chi connectivity index (χ3n) is 4.72. The third-order valence-corrected chi connectivity index (χ3v) is 5.40. The average Bonchev–Trinajstić information content (AvgIpc) is 3.01. The second-order valence-electron chi connectivity index (χ2n) is 7.69. The Morgan fingerprint density at radius 1 is 1.24 bits per heavy atom. The normalized spacial score (nSPS) is 17.3. The molecule has 2 aromatic rings. The monoisotopic (exact) mass is 358 g/mol. The Morgan fingerprint density at radius 2 is 1.88 bits per heavy atom. The predicted octanol–water partition coefficient (Wildman–Crippen LogP) is 3.62. The molecule has 1 fully saturated rings. The molecule has 1 aromatic carbocycles. The van der Waals surface area contributed by atoms with Crippen molar-refractivity contribution in [1.29, 1.82) is 0 Å². The zero-order valence-electron chi connectivity index (χ0n) is 15.1. The molecule has 0 aliphatic carbocycles. The fraction of sp³-hybridized carbons (Fsp3) is 0.474. The van der Waals surface area contributed by atoms with Crippen molar-refractivity contribution in [1.82, 2.24) is 15.2 Å². The molecular weight excluding hydrogens is 332 g/mol. The number of rotatable bonds is 2. The van der Waals surface area contributed by atoms with Crippen molar-refractivity contribution in [2.24, 2.45) is 0 Å². The minimum absolute atomic E-state index is 0.00644. The number of anilines is 1. The molecule has 2 amide bonds. The summed E-state index contributed by atoms with van der Waals surface area (Å²) in [5, 5.41) is 5.71. The highest BCUT2D eigenvalue weighted by Gasteiger charge is 2.41. The molecule has 0 radical (unpaired) electrons. The Balaban J connectivity index is 1.84. The Morgan fingerprint density at radius 3 is 2.40 bits per heavy atom. The number of urea groups is 1. The fourth-order valence-electron chi connectivity index (χ4n) is 3.45. The summed E-state index contributed by atoms with van der Waals surface area (Å²) in [6, 6.07) is 10.5. The first-order valence-electron chi connectivity index (χ1n) is 8.64. The number of carbonyl (C=O) groups is 1. The standard InChI is InChI=1S/C19H26N4OS/c1-18(2,3)22-17(24)23-11-9-19(10-12-23,14-7-5-4-6-8-14)15-13-25-16(20)21-15/h4-8,13H,9-12H2,1-3H3,(H2,20,21)(H,22,24). The molecular formula is C19H26N4OS. The maximum atomic E-state index is 12.5. The summed E-state index contributed by atoms with van der Waals surface area (Å²) in [4.78, 5) is 19.0. The molecule has 0 spiro atoms. The summed E-state index contributed by atoms with van der Waals surface area (Å²) in [7, 11) is 0. The number of aromatic nitrogens is 1. The van der Waals surface area contributed by atoms with E-state index in [9.17, 15) is 4.79 Å². The van der Waals surface area contributed by atoms with Gasteiger partial charge in [0.15, 0.2) is 5.13 Å². The van der Waals surface area contributed by atoms with Crippen molar-refractivity contribution in [3.63, 3.8) is 0 Å². The summed E-state index contributed by atoms with van der Waals surface area (Å²) in [5.41, 5.74) is 7.77. The van der Waals surface area contributed by atoms with Crippen LogP contribution in [0.25, 0.3) is 0 Å². The van der Waals surface area contributed by atoms with Gasteiger partial charge in [-0.2, -0.15) is 0 Å². The Kier molecular flexibility index (Phi) is 4.73. The largest absolute Gasteiger partial charge is 0.375 e. The summed E-state index contributed by atoms with van der Waals surface area (Å²) < 4.78 is 0. The number of thiazole rings is 1. The van der Waals surface area contributed by atoms with Crippen molar-refractivity contribution >= 4 is 22.5 Å². The SMILES string of the molecule is CC(C)(C)NC(=O)N1CCC(c2ccccc2)(c2csc(N)n2)CC1. The second kappa shape index (κ2) is 6.67. The first kappa shape index (κ1) is 17.7. The highest BCUT2D eigenvalue weighted by atomic mass is 32.1. The molecule has 0 saturated carbocycles. The zero-order chi connectivity index (χ0) is 18.1. The lowest BCUT2D eigenvalue weighted by Gasteiger charge is -2.42. The topological polar surface area (TPSA) is 71.2 Å². The number of piperidine rings is 1. The van der Waals surface area contributed by atoms with Crippen LogP contribution < -0.4 is 11.1 Å². The third kappa shape index (κ3) is 3.79. The van der Waals surface area contributed by atoms with E-state index in [0.717, 1.165) is 18.5 Å². The Bertz CT molecular complexity index is 727. The van der Waals surface area contributed by atoms with Gasteiger partial charge in [0.1, 0.15) is 0 Å². The molecule has 0 unspecified atom stereocenters. The Labute approximate surface area is 153 Å². The lowest BCUT2D eigenvalue weighted by molar-refractivity contribution is 0.160. The van der Waals surface area contributed by atoms with E-state index in [4.69, 9.17) is 5.73 Å². The van der Waals surface area contributed by atoms with Gasteiger partial charge in [-0.15, -0.1) is 11.3 Å². The lowest BCUT2D eigenvalue weighted by Crippen LogP contribution is -2.53. The zero-order valence-corrected chi connectivity index (χ0v) is 15.9.